The maximum absolute atomic E-state index is 12.1. The average molecular weight is 352 g/mol. The second kappa shape index (κ2) is 5.00. The van der Waals surface area contributed by atoms with Gasteiger partial charge in [0.25, 0.3) is 11.7 Å². The highest BCUT2D eigenvalue weighted by atomic mass is 79.9. The summed E-state index contributed by atoms with van der Waals surface area (Å²) < 4.78 is 0.622. The molecule has 2 heterocycles. The minimum Gasteiger partial charge on any atom is -0.300 e. The lowest BCUT2D eigenvalue weighted by Crippen LogP contribution is -2.29. The van der Waals surface area contributed by atoms with Crippen molar-refractivity contribution in [2.24, 2.45) is 0 Å². The van der Waals surface area contributed by atoms with Crippen LogP contribution >= 0.6 is 27.5 Å². The lowest BCUT2D eigenvalue weighted by atomic mass is 10.1. The van der Waals surface area contributed by atoms with E-state index in [1.165, 1.54) is 11.1 Å². The van der Waals surface area contributed by atoms with Gasteiger partial charge >= 0.3 is 0 Å². The van der Waals surface area contributed by atoms with Crippen molar-refractivity contribution in [2.45, 2.75) is 6.54 Å². The lowest BCUT2D eigenvalue weighted by Gasteiger charge is -2.17. The Morgan fingerprint density at radius 1 is 1.25 bits per heavy atom. The Bertz CT molecular complexity index is 733. The maximum atomic E-state index is 12.1. The second-order valence-corrected chi connectivity index (χ2v) is 5.58. The van der Waals surface area contributed by atoms with Gasteiger partial charge in [-0.15, -0.1) is 0 Å². The number of carbonyl (C=O) groups excluding carboxylic acids is 2. The smallest absolute Gasteiger partial charge is 0.299 e. The molecule has 1 aromatic carbocycles. The zero-order valence-corrected chi connectivity index (χ0v) is 12.5. The maximum Gasteiger partial charge on any atom is 0.299 e. The van der Waals surface area contributed by atoms with Crippen molar-refractivity contribution in [3.63, 3.8) is 0 Å². The standard InChI is InChI=1S/C14H8BrClN2O2/c15-9-2-1-3-11-12(9)13(19)14(20)18(11)7-8-4-5-17-6-10(8)16/h1-6H,7H2. The van der Waals surface area contributed by atoms with E-state index in [0.717, 1.165) is 5.56 Å². The van der Waals surface area contributed by atoms with Gasteiger partial charge in [-0.3, -0.25) is 14.6 Å². The van der Waals surface area contributed by atoms with Gasteiger partial charge in [0.2, 0.25) is 0 Å². The third-order valence-electron chi connectivity index (χ3n) is 3.13. The van der Waals surface area contributed by atoms with Crippen LogP contribution in [-0.2, 0) is 11.3 Å². The predicted octanol–water partition coefficient (Wildman–Crippen LogP) is 3.23. The van der Waals surface area contributed by atoms with Crippen LogP contribution < -0.4 is 4.90 Å². The number of fused-ring (bicyclic) bond motifs is 1. The molecule has 4 nitrogen and oxygen atoms in total. The van der Waals surface area contributed by atoms with Gasteiger partial charge in [-0.2, -0.15) is 0 Å². The number of halogens is 2. The molecule has 6 heteroatoms. The van der Waals surface area contributed by atoms with Gasteiger partial charge in [-0.1, -0.05) is 17.7 Å². The number of anilines is 1. The number of pyridine rings is 1. The number of carbonyl (C=O) groups is 2. The molecule has 0 bridgehead atoms. The van der Waals surface area contributed by atoms with Crippen LogP contribution in [0, 0.1) is 0 Å². The summed E-state index contributed by atoms with van der Waals surface area (Å²) in [6.07, 6.45) is 3.12. The third-order valence-corrected chi connectivity index (χ3v) is 4.13. The van der Waals surface area contributed by atoms with Gasteiger partial charge < -0.3 is 4.90 Å². The number of Topliss-reactive ketones (excluding diaryl/α,β-unsaturated/α-hetero) is 1. The molecular formula is C14H8BrClN2O2. The first-order valence-electron chi connectivity index (χ1n) is 5.82. The van der Waals surface area contributed by atoms with E-state index in [0.29, 0.717) is 20.7 Å². The molecular weight excluding hydrogens is 344 g/mol. The number of hydrogen-bond acceptors (Lipinski definition) is 3. The molecule has 0 saturated heterocycles. The monoisotopic (exact) mass is 350 g/mol. The first-order valence-corrected chi connectivity index (χ1v) is 7.00. The Balaban J connectivity index is 2.04. The largest absolute Gasteiger partial charge is 0.300 e. The van der Waals surface area contributed by atoms with Crippen LogP contribution in [0.4, 0.5) is 5.69 Å². The number of hydrogen-bond donors (Lipinski definition) is 0. The van der Waals surface area contributed by atoms with Gasteiger partial charge in [-0.05, 0) is 39.7 Å². The zero-order chi connectivity index (χ0) is 14.3. The number of aromatic nitrogens is 1. The summed E-state index contributed by atoms with van der Waals surface area (Å²) in [5, 5.41) is 0.469. The second-order valence-electron chi connectivity index (χ2n) is 4.32. The van der Waals surface area contributed by atoms with Crippen molar-refractivity contribution < 1.29 is 9.59 Å². The van der Waals surface area contributed by atoms with E-state index >= 15 is 0 Å². The fraction of sp³-hybridized carbons (Fsp3) is 0.0714. The first kappa shape index (κ1) is 13.3. The lowest BCUT2D eigenvalue weighted by molar-refractivity contribution is -0.114. The molecule has 0 atom stereocenters. The molecule has 0 saturated carbocycles. The van der Waals surface area contributed by atoms with Crippen LogP contribution in [0.1, 0.15) is 15.9 Å². The van der Waals surface area contributed by atoms with Gasteiger partial charge in [0.1, 0.15) is 0 Å². The third kappa shape index (κ3) is 2.03. The number of amides is 1. The van der Waals surface area contributed by atoms with E-state index in [-0.39, 0.29) is 6.54 Å². The van der Waals surface area contributed by atoms with Crippen LogP contribution in [0.25, 0.3) is 0 Å². The fourth-order valence-electron chi connectivity index (χ4n) is 2.16. The van der Waals surface area contributed by atoms with Crippen LogP contribution in [-0.4, -0.2) is 16.7 Å². The molecule has 100 valence electrons. The molecule has 1 aliphatic heterocycles. The van der Waals surface area contributed by atoms with Crippen molar-refractivity contribution in [2.75, 3.05) is 4.90 Å². The molecule has 3 rings (SSSR count). The highest BCUT2D eigenvalue weighted by Crippen LogP contribution is 2.35. The molecule has 1 amide bonds. The predicted molar refractivity (Wildman–Crippen MR) is 78.9 cm³/mol. The Hall–Kier alpha value is -1.72. The number of rotatable bonds is 2. The molecule has 2 aromatic rings. The van der Waals surface area contributed by atoms with Crippen LogP contribution in [0.2, 0.25) is 5.02 Å². The Labute approximate surface area is 128 Å². The molecule has 1 aliphatic rings. The van der Waals surface area contributed by atoms with Crippen molar-refractivity contribution in [3.8, 4) is 0 Å². The zero-order valence-electron chi connectivity index (χ0n) is 10.1. The summed E-state index contributed by atoms with van der Waals surface area (Å²) in [4.78, 5) is 29.5. The van der Waals surface area contributed by atoms with E-state index in [9.17, 15) is 9.59 Å². The Kier molecular flexibility index (Phi) is 3.31. The Morgan fingerprint density at radius 3 is 2.80 bits per heavy atom. The van der Waals surface area contributed by atoms with E-state index in [1.54, 1.807) is 30.5 Å². The van der Waals surface area contributed by atoms with Gasteiger partial charge in [-0.25, -0.2) is 0 Å². The van der Waals surface area contributed by atoms with E-state index in [1.807, 2.05) is 0 Å². The molecule has 0 radical (unpaired) electrons. The molecule has 20 heavy (non-hydrogen) atoms. The first-order chi connectivity index (χ1) is 9.59. The minimum absolute atomic E-state index is 0.245. The van der Waals surface area contributed by atoms with Gasteiger partial charge in [0, 0.05) is 16.9 Å². The van der Waals surface area contributed by atoms with Crippen LogP contribution in [0.15, 0.2) is 41.1 Å². The highest BCUT2D eigenvalue weighted by Gasteiger charge is 2.37. The highest BCUT2D eigenvalue weighted by molar-refractivity contribution is 9.10. The van der Waals surface area contributed by atoms with Crippen molar-refractivity contribution in [3.05, 3.63) is 57.3 Å². The van der Waals surface area contributed by atoms with Gasteiger partial charge in [0.05, 0.1) is 22.8 Å². The molecule has 0 N–H and O–H groups in total. The summed E-state index contributed by atoms with van der Waals surface area (Å²) in [6.45, 7) is 0.245. The molecule has 0 fully saturated rings. The number of nitrogens with zero attached hydrogens (tertiary/aromatic N) is 2. The van der Waals surface area contributed by atoms with Crippen LogP contribution in [0.3, 0.4) is 0 Å². The summed E-state index contributed by atoms with van der Waals surface area (Å²) >= 11 is 9.36. The molecule has 0 aliphatic carbocycles. The normalized spacial score (nSPS) is 13.8. The number of ketones is 1. The summed E-state index contributed by atoms with van der Waals surface area (Å²) in [5.74, 6) is -1.04. The minimum atomic E-state index is -0.542. The van der Waals surface area contributed by atoms with E-state index < -0.39 is 11.7 Å². The summed E-state index contributed by atoms with van der Waals surface area (Å²) in [7, 11) is 0. The SMILES string of the molecule is O=C1C(=O)N(Cc2ccncc2Cl)c2cccc(Br)c21. The van der Waals surface area contributed by atoms with Gasteiger partial charge in [0.15, 0.2) is 0 Å². The topological polar surface area (TPSA) is 50.3 Å². The number of benzene rings is 1. The quantitative estimate of drug-likeness (QED) is 0.781. The Morgan fingerprint density at radius 2 is 2.05 bits per heavy atom. The van der Waals surface area contributed by atoms with E-state index in [2.05, 4.69) is 20.9 Å². The van der Waals surface area contributed by atoms with E-state index in [4.69, 9.17) is 11.6 Å². The van der Waals surface area contributed by atoms with Crippen molar-refractivity contribution in [1.29, 1.82) is 0 Å². The van der Waals surface area contributed by atoms with Crippen molar-refractivity contribution in [1.82, 2.24) is 4.98 Å². The van der Waals surface area contributed by atoms with Crippen LogP contribution in [0.5, 0.6) is 0 Å². The summed E-state index contributed by atoms with van der Waals surface area (Å²) in [6, 6.07) is 7.01. The fourth-order valence-corrected chi connectivity index (χ4v) is 2.88. The summed E-state index contributed by atoms with van der Waals surface area (Å²) in [5.41, 5.74) is 1.75. The average Bonchev–Trinajstić information content (AvgIpc) is 2.67. The van der Waals surface area contributed by atoms with Crippen molar-refractivity contribution >= 4 is 44.9 Å². The molecule has 0 spiro atoms. The molecule has 0 unspecified atom stereocenters. The molecule has 1 aromatic heterocycles.